The molecule has 1 aromatic rings. The lowest BCUT2D eigenvalue weighted by Gasteiger charge is -2.05. The van der Waals surface area contributed by atoms with Crippen LogP contribution in [0.3, 0.4) is 0 Å². The van der Waals surface area contributed by atoms with Crippen molar-refractivity contribution >= 4 is 5.57 Å². The van der Waals surface area contributed by atoms with Crippen LogP contribution in [0, 0.1) is 25.2 Å². The minimum Gasteiger partial charge on any atom is -0.192 e. The van der Waals surface area contributed by atoms with Gasteiger partial charge in [-0.2, -0.15) is 5.26 Å². The Hall–Kier alpha value is -1.55. The van der Waals surface area contributed by atoms with Crippen LogP contribution in [0.4, 0.5) is 0 Å². The first kappa shape index (κ1) is 10.5. The molecule has 0 radical (unpaired) electrons. The van der Waals surface area contributed by atoms with Crippen molar-refractivity contribution in [2.75, 3.05) is 0 Å². The highest BCUT2D eigenvalue weighted by Gasteiger charge is 2.03. The van der Waals surface area contributed by atoms with E-state index in [0.29, 0.717) is 0 Å². The zero-order valence-electron chi connectivity index (χ0n) is 9.18. The Morgan fingerprint density at radius 3 is 2.21 bits per heavy atom. The van der Waals surface area contributed by atoms with Crippen LogP contribution in [0.2, 0.25) is 0 Å². The fourth-order valence-corrected chi connectivity index (χ4v) is 1.36. The first-order chi connectivity index (χ1) is 6.56. The van der Waals surface area contributed by atoms with E-state index in [-0.39, 0.29) is 0 Å². The lowest BCUT2D eigenvalue weighted by atomic mass is 9.99. The van der Waals surface area contributed by atoms with E-state index in [1.54, 1.807) is 0 Å². The standard InChI is InChI=1S/C13H15N/c1-9(2)13(8-14)12-6-5-10(3)11(4)7-12/h5-7H,1-4H3. The second-order valence-electron chi connectivity index (χ2n) is 3.79. The average Bonchev–Trinajstić information content (AvgIpc) is 2.11. The highest BCUT2D eigenvalue weighted by molar-refractivity contribution is 5.79. The zero-order valence-corrected chi connectivity index (χ0v) is 9.18. The van der Waals surface area contributed by atoms with Crippen LogP contribution in [0.1, 0.15) is 30.5 Å². The fourth-order valence-electron chi connectivity index (χ4n) is 1.36. The molecule has 0 atom stereocenters. The first-order valence-electron chi connectivity index (χ1n) is 4.71. The predicted molar refractivity (Wildman–Crippen MR) is 59.8 cm³/mol. The molecule has 1 heteroatoms. The van der Waals surface area contributed by atoms with Gasteiger partial charge in [-0.25, -0.2) is 0 Å². The molecule has 0 N–H and O–H groups in total. The molecule has 0 heterocycles. The summed E-state index contributed by atoms with van der Waals surface area (Å²) in [6, 6.07) is 8.38. The highest BCUT2D eigenvalue weighted by atomic mass is 14.3. The maximum absolute atomic E-state index is 9.00. The highest BCUT2D eigenvalue weighted by Crippen LogP contribution is 2.20. The molecule has 0 aliphatic carbocycles. The van der Waals surface area contributed by atoms with E-state index in [0.717, 1.165) is 16.7 Å². The number of aryl methyl sites for hydroxylation is 2. The quantitative estimate of drug-likeness (QED) is 0.613. The Kier molecular flexibility index (Phi) is 3.09. The Labute approximate surface area is 85.7 Å². The molecule has 1 nitrogen and oxygen atoms in total. The van der Waals surface area contributed by atoms with Crippen molar-refractivity contribution in [3.05, 3.63) is 40.5 Å². The number of benzene rings is 1. The van der Waals surface area contributed by atoms with Crippen LogP contribution in [0.5, 0.6) is 0 Å². The van der Waals surface area contributed by atoms with Gasteiger partial charge in [0.25, 0.3) is 0 Å². The molecule has 72 valence electrons. The van der Waals surface area contributed by atoms with Gasteiger partial charge in [0.05, 0.1) is 11.6 Å². The number of hydrogen-bond donors (Lipinski definition) is 0. The summed E-state index contributed by atoms with van der Waals surface area (Å²) in [7, 11) is 0. The van der Waals surface area contributed by atoms with Crippen LogP contribution in [-0.2, 0) is 0 Å². The van der Waals surface area contributed by atoms with Gasteiger partial charge in [-0.05, 0) is 44.4 Å². The predicted octanol–water partition coefficient (Wildman–Crippen LogP) is 3.62. The largest absolute Gasteiger partial charge is 0.192 e. The summed E-state index contributed by atoms with van der Waals surface area (Å²) < 4.78 is 0. The van der Waals surface area contributed by atoms with Crippen LogP contribution < -0.4 is 0 Å². The van der Waals surface area contributed by atoms with Gasteiger partial charge in [0.15, 0.2) is 0 Å². The molecule has 0 spiro atoms. The normalized spacial score (nSPS) is 9.36. The second-order valence-corrected chi connectivity index (χ2v) is 3.79. The number of rotatable bonds is 1. The Bertz CT molecular complexity index is 415. The van der Waals surface area contributed by atoms with Crippen LogP contribution in [-0.4, -0.2) is 0 Å². The monoisotopic (exact) mass is 185 g/mol. The number of nitrogens with zero attached hydrogens (tertiary/aromatic N) is 1. The van der Waals surface area contributed by atoms with Crippen molar-refractivity contribution in [1.82, 2.24) is 0 Å². The minimum absolute atomic E-state index is 0.785. The summed E-state index contributed by atoms with van der Waals surface area (Å²) in [5, 5.41) is 9.00. The van der Waals surface area contributed by atoms with E-state index >= 15 is 0 Å². The van der Waals surface area contributed by atoms with Gasteiger partial charge in [-0.1, -0.05) is 23.8 Å². The van der Waals surface area contributed by atoms with Crippen molar-refractivity contribution in [3.8, 4) is 6.07 Å². The molecule has 0 unspecified atom stereocenters. The Balaban J connectivity index is 3.29. The van der Waals surface area contributed by atoms with E-state index < -0.39 is 0 Å². The topological polar surface area (TPSA) is 23.8 Å². The molecule has 0 fully saturated rings. The minimum atomic E-state index is 0.785. The summed E-state index contributed by atoms with van der Waals surface area (Å²) in [6.45, 7) is 8.08. The van der Waals surface area contributed by atoms with Gasteiger partial charge < -0.3 is 0 Å². The van der Waals surface area contributed by atoms with Gasteiger partial charge in [0.2, 0.25) is 0 Å². The van der Waals surface area contributed by atoms with Crippen LogP contribution in [0.25, 0.3) is 5.57 Å². The summed E-state index contributed by atoms with van der Waals surface area (Å²) in [5.41, 5.74) is 5.37. The van der Waals surface area contributed by atoms with Crippen LogP contribution >= 0.6 is 0 Å². The third-order valence-corrected chi connectivity index (χ3v) is 2.41. The molecule has 0 saturated carbocycles. The molecule has 0 aliphatic rings. The molecule has 0 amide bonds. The van der Waals surface area contributed by atoms with E-state index in [1.165, 1.54) is 11.1 Å². The molecule has 1 rings (SSSR count). The molecular weight excluding hydrogens is 170 g/mol. The molecule has 14 heavy (non-hydrogen) atoms. The number of hydrogen-bond acceptors (Lipinski definition) is 1. The Morgan fingerprint density at radius 1 is 1.14 bits per heavy atom. The third-order valence-electron chi connectivity index (χ3n) is 2.41. The van der Waals surface area contributed by atoms with E-state index in [4.69, 9.17) is 5.26 Å². The lowest BCUT2D eigenvalue weighted by molar-refractivity contribution is 1.32. The van der Waals surface area contributed by atoms with Crippen molar-refractivity contribution in [2.24, 2.45) is 0 Å². The third kappa shape index (κ3) is 2.03. The van der Waals surface area contributed by atoms with E-state index in [9.17, 15) is 0 Å². The zero-order chi connectivity index (χ0) is 10.7. The SMILES string of the molecule is CC(C)=C(C#N)c1ccc(C)c(C)c1. The molecule has 1 aromatic carbocycles. The summed E-state index contributed by atoms with van der Waals surface area (Å²) in [5.74, 6) is 0. The molecule has 0 bridgehead atoms. The second kappa shape index (κ2) is 4.11. The average molecular weight is 185 g/mol. The Morgan fingerprint density at radius 2 is 1.79 bits per heavy atom. The summed E-state index contributed by atoms with van der Waals surface area (Å²) in [6.07, 6.45) is 0. The van der Waals surface area contributed by atoms with Crippen molar-refractivity contribution in [2.45, 2.75) is 27.7 Å². The molecule has 0 saturated heterocycles. The van der Waals surface area contributed by atoms with Crippen LogP contribution in [0.15, 0.2) is 23.8 Å². The smallest absolute Gasteiger partial charge is 0.0997 e. The first-order valence-corrected chi connectivity index (χ1v) is 4.71. The van der Waals surface area contributed by atoms with E-state index in [2.05, 4.69) is 32.0 Å². The van der Waals surface area contributed by atoms with Crippen molar-refractivity contribution in [3.63, 3.8) is 0 Å². The van der Waals surface area contributed by atoms with Gasteiger partial charge in [-0.15, -0.1) is 0 Å². The van der Waals surface area contributed by atoms with Gasteiger partial charge in [0.1, 0.15) is 0 Å². The lowest BCUT2D eigenvalue weighted by Crippen LogP contribution is -1.88. The number of allylic oxidation sites excluding steroid dienone is 2. The van der Waals surface area contributed by atoms with Crippen molar-refractivity contribution in [1.29, 1.82) is 5.26 Å². The molecule has 0 aromatic heterocycles. The summed E-state index contributed by atoms with van der Waals surface area (Å²) >= 11 is 0. The van der Waals surface area contributed by atoms with Crippen molar-refractivity contribution < 1.29 is 0 Å². The van der Waals surface area contributed by atoms with E-state index in [1.807, 2.05) is 19.9 Å². The van der Waals surface area contributed by atoms with Gasteiger partial charge in [0, 0.05) is 0 Å². The molecular formula is C13H15N. The maximum Gasteiger partial charge on any atom is 0.0997 e. The van der Waals surface area contributed by atoms with Gasteiger partial charge >= 0.3 is 0 Å². The number of nitriles is 1. The fraction of sp³-hybridized carbons (Fsp3) is 0.308. The molecule has 0 aliphatic heterocycles. The summed E-state index contributed by atoms with van der Waals surface area (Å²) in [4.78, 5) is 0. The maximum atomic E-state index is 9.00. The van der Waals surface area contributed by atoms with Gasteiger partial charge in [-0.3, -0.25) is 0 Å².